The fourth-order valence-electron chi connectivity index (χ4n) is 2.33. The summed E-state index contributed by atoms with van der Waals surface area (Å²) in [6, 6.07) is 4.80. The molecule has 21 heavy (non-hydrogen) atoms. The van der Waals surface area contributed by atoms with Crippen molar-refractivity contribution in [2.75, 3.05) is 44.6 Å². The first-order chi connectivity index (χ1) is 10.1. The fraction of sp³-hybridized carbons (Fsp3) is 0.500. The zero-order chi connectivity index (χ0) is 15.2. The van der Waals surface area contributed by atoms with Crippen molar-refractivity contribution in [2.24, 2.45) is 0 Å². The van der Waals surface area contributed by atoms with Crippen LogP contribution < -0.4 is 5.32 Å². The van der Waals surface area contributed by atoms with E-state index in [2.05, 4.69) is 10.2 Å². The number of hydrogen-bond acceptors (Lipinski definition) is 3. The summed E-state index contributed by atoms with van der Waals surface area (Å²) in [4.78, 5) is 16.2. The molecule has 2 rings (SSSR count). The molecule has 0 radical (unpaired) electrons. The summed E-state index contributed by atoms with van der Waals surface area (Å²) in [5.74, 6) is 0. The Morgan fingerprint density at radius 1 is 1.24 bits per heavy atom. The average Bonchev–Trinajstić information content (AvgIpc) is 2.69. The normalized spacial score (nSPS) is 16.6. The summed E-state index contributed by atoms with van der Waals surface area (Å²) >= 11 is 12.0. The maximum absolute atomic E-state index is 12.3. The Morgan fingerprint density at radius 3 is 2.81 bits per heavy atom. The van der Waals surface area contributed by atoms with Gasteiger partial charge in [-0.3, -0.25) is 4.90 Å². The van der Waals surface area contributed by atoms with E-state index in [0.717, 1.165) is 19.5 Å². The Hall–Kier alpha value is -1.01. The molecule has 1 aliphatic heterocycles. The number of anilines is 1. The fourth-order valence-corrected chi connectivity index (χ4v) is 2.66. The van der Waals surface area contributed by atoms with E-state index in [1.54, 1.807) is 23.1 Å². The second kappa shape index (κ2) is 7.84. The molecule has 1 fully saturated rings. The van der Waals surface area contributed by atoms with Gasteiger partial charge in [0.25, 0.3) is 0 Å². The van der Waals surface area contributed by atoms with Crippen LogP contribution in [0.5, 0.6) is 0 Å². The molecule has 1 heterocycles. The van der Waals surface area contributed by atoms with E-state index < -0.39 is 0 Å². The molecule has 2 amide bonds. The van der Waals surface area contributed by atoms with Gasteiger partial charge in [-0.15, -0.1) is 0 Å². The molecule has 1 aromatic carbocycles. The number of rotatable bonds is 3. The van der Waals surface area contributed by atoms with E-state index >= 15 is 0 Å². The first-order valence-corrected chi connectivity index (χ1v) is 7.70. The number of halogens is 2. The van der Waals surface area contributed by atoms with Crippen molar-refractivity contribution in [2.45, 2.75) is 6.42 Å². The van der Waals surface area contributed by atoms with Crippen LogP contribution in [-0.2, 0) is 0 Å². The molecule has 0 spiro atoms. The SMILES string of the molecule is O=C(Nc1cc(Cl)ccc1Cl)N1CCCN(CCO)CC1. The maximum Gasteiger partial charge on any atom is 0.321 e. The van der Waals surface area contributed by atoms with Crippen LogP contribution >= 0.6 is 23.2 Å². The Kier molecular flexibility index (Phi) is 6.11. The van der Waals surface area contributed by atoms with Gasteiger partial charge in [0, 0.05) is 31.2 Å². The van der Waals surface area contributed by atoms with E-state index in [1.165, 1.54) is 0 Å². The van der Waals surface area contributed by atoms with Crippen LogP contribution in [0.2, 0.25) is 10.0 Å². The van der Waals surface area contributed by atoms with Crippen molar-refractivity contribution in [3.63, 3.8) is 0 Å². The summed E-state index contributed by atoms with van der Waals surface area (Å²) in [6.45, 7) is 3.76. The third kappa shape index (κ3) is 4.74. The Morgan fingerprint density at radius 2 is 2.05 bits per heavy atom. The molecule has 2 N–H and O–H groups in total. The number of nitrogens with zero attached hydrogens (tertiary/aromatic N) is 2. The second-order valence-corrected chi connectivity index (χ2v) is 5.80. The van der Waals surface area contributed by atoms with Gasteiger partial charge >= 0.3 is 6.03 Å². The molecule has 1 aromatic rings. The van der Waals surface area contributed by atoms with Crippen molar-refractivity contribution in [3.8, 4) is 0 Å². The Labute approximate surface area is 134 Å². The highest BCUT2D eigenvalue weighted by Gasteiger charge is 2.19. The van der Waals surface area contributed by atoms with Gasteiger partial charge in [-0.2, -0.15) is 0 Å². The van der Waals surface area contributed by atoms with Crippen molar-refractivity contribution in [1.29, 1.82) is 0 Å². The Bertz CT molecular complexity index is 499. The molecule has 1 aliphatic rings. The molecule has 0 saturated carbocycles. The zero-order valence-corrected chi connectivity index (χ0v) is 13.2. The highest BCUT2D eigenvalue weighted by atomic mass is 35.5. The van der Waals surface area contributed by atoms with Crippen LogP contribution in [0, 0.1) is 0 Å². The van der Waals surface area contributed by atoms with Crippen LogP contribution in [0.1, 0.15) is 6.42 Å². The highest BCUT2D eigenvalue weighted by Crippen LogP contribution is 2.25. The van der Waals surface area contributed by atoms with Gasteiger partial charge in [0.15, 0.2) is 0 Å². The maximum atomic E-state index is 12.3. The summed E-state index contributed by atoms with van der Waals surface area (Å²) in [5, 5.41) is 12.8. The van der Waals surface area contributed by atoms with Crippen LogP contribution in [0.4, 0.5) is 10.5 Å². The van der Waals surface area contributed by atoms with E-state index in [0.29, 0.717) is 35.4 Å². The minimum absolute atomic E-state index is 0.143. The smallest absolute Gasteiger partial charge is 0.321 e. The molecule has 0 atom stereocenters. The first kappa shape index (κ1) is 16.4. The van der Waals surface area contributed by atoms with Crippen LogP contribution in [-0.4, -0.2) is 60.3 Å². The summed E-state index contributed by atoms with van der Waals surface area (Å²) in [7, 11) is 0. The number of nitrogens with one attached hydrogen (secondary N) is 1. The lowest BCUT2D eigenvalue weighted by atomic mass is 10.3. The minimum atomic E-state index is -0.176. The van der Waals surface area contributed by atoms with Gasteiger partial charge in [-0.1, -0.05) is 23.2 Å². The predicted molar refractivity (Wildman–Crippen MR) is 85.2 cm³/mol. The molecule has 5 nitrogen and oxygen atoms in total. The lowest BCUT2D eigenvalue weighted by molar-refractivity contribution is 0.194. The number of urea groups is 1. The van der Waals surface area contributed by atoms with Crippen LogP contribution in [0.3, 0.4) is 0 Å². The van der Waals surface area contributed by atoms with Gasteiger partial charge < -0.3 is 15.3 Å². The monoisotopic (exact) mass is 331 g/mol. The lowest BCUT2D eigenvalue weighted by Gasteiger charge is -2.22. The molecule has 0 unspecified atom stereocenters. The molecule has 116 valence electrons. The van der Waals surface area contributed by atoms with Gasteiger partial charge in [0.2, 0.25) is 0 Å². The van der Waals surface area contributed by atoms with E-state index in [9.17, 15) is 4.79 Å². The van der Waals surface area contributed by atoms with Crippen LogP contribution in [0.25, 0.3) is 0 Å². The van der Waals surface area contributed by atoms with E-state index in [-0.39, 0.29) is 12.6 Å². The molecular formula is C14H19Cl2N3O2. The summed E-state index contributed by atoms with van der Waals surface area (Å²) in [5.41, 5.74) is 0.519. The van der Waals surface area contributed by atoms with Gasteiger partial charge in [-0.05, 0) is 31.2 Å². The number of aliphatic hydroxyl groups is 1. The molecule has 1 saturated heterocycles. The molecular weight excluding hydrogens is 313 g/mol. The van der Waals surface area contributed by atoms with Gasteiger partial charge in [-0.25, -0.2) is 4.79 Å². The third-order valence-corrected chi connectivity index (χ3v) is 4.03. The minimum Gasteiger partial charge on any atom is -0.395 e. The first-order valence-electron chi connectivity index (χ1n) is 6.94. The largest absolute Gasteiger partial charge is 0.395 e. The number of β-amino-alcohol motifs (C(OH)–C–C–N with tert-alkyl or cyclic N) is 1. The predicted octanol–water partition coefficient (Wildman–Crippen LogP) is 2.53. The summed E-state index contributed by atoms with van der Waals surface area (Å²) < 4.78 is 0. The van der Waals surface area contributed by atoms with Gasteiger partial charge in [0.05, 0.1) is 17.3 Å². The van der Waals surface area contributed by atoms with Crippen molar-refractivity contribution >= 4 is 34.9 Å². The van der Waals surface area contributed by atoms with Crippen molar-refractivity contribution in [3.05, 3.63) is 28.2 Å². The number of aliphatic hydroxyl groups excluding tert-OH is 1. The molecule has 7 heteroatoms. The number of hydrogen-bond donors (Lipinski definition) is 2. The molecule has 0 aromatic heterocycles. The quantitative estimate of drug-likeness (QED) is 0.894. The number of carbonyl (C=O) groups is 1. The van der Waals surface area contributed by atoms with E-state index in [4.69, 9.17) is 28.3 Å². The number of carbonyl (C=O) groups excluding carboxylic acids is 1. The highest BCUT2D eigenvalue weighted by molar-refractivity contribution is 6.35. The Balaban J connectivity index is 1.95. The van der Waals surface area contributed by atoms with Crippen LogP contribution in [0.15, 0.2) is 18.2 Å². The van der Waals surface area contributed by atoms with Gasteiger partial charge in [0.1, 0.15) is 0 Å². The average molecular weight is 332 g/mol. The topological polar surface area (TPSA) is 55.8 Å². The third-order valence-electron chi connectivity index (χ3n) is 3.46. The standard InChI is InChI=1S/C14H19Cl2N3O2/c15-11-2-3-12(16)13(10-11)17-14(21)19-5-1-4-18(6-7-19)8-9-20/h2-3,10,20H,1,4-9H2,(H,17,21). The lowest BCUT2D eigenvalue weighted by Crippen LogP contribution is -2.38. The number of amides is 2. The zero-order valence-electron chi connectivity index (χ0n) is 11.7. The summed E-state index contributed by atoms with van der Waals surface area (Å²) in [6.07, 6.45) is 0.886. The molecule has 0 aliphatic carbocycles. The van der Waals surface area contributed by atoms with Crippen molar-refractivity contribution in [1.82, 2.24) is 9.80 Å². The molecule has 0 bridgehead atoms. The van der Waals surface area contributed by atoms with Crippen molar-refractivity contribution < 1.29 is 9.90 Å². The van der Waals surface area contributed by atoms with E-state index in [1.807, 2.05) is 0 Å². The number of benzene rings is 1. The second-order valence-electron chi connectivity index (χ2n) is 4.96.